The molecule has 4 nitrogen and oxygen atoms in total. The molecule has 0 unspecified atom stereocenters. The Bertz CT molecular complexity index is 595. The van der Waals surface area contributed by atoms with Crippen LogP contribution in [0.15, 0.2) is 29.6 Å². The average Bonchev–Trinajstić information content (AvgIpc) is 2.84. The van der Waals surface area contributed by atoms with Gasteiger partial charge in [0.15, 0.2) is 5.13 Å². The zero-order valence-electron chi connectivity index (χ0n) is 11.1. The minimum atomic E-state index is -0.904. The second kappa shape index (κ2) is 6.00. The Kier molecular flexibility index (Phi) is 4.34. The summed E-state index contributed by atoms with van der Waals surface area (Å²) in [5, 5.41) is 14.4. The highest BCUT2D eigenvalue weighted by Crippen LogP contribution is 2.26. The topological polar surface area (TPSA) is 62.2 Å². The third-order valence-corrected chi connectivity index (χ3v) is 3.63. The summed E-state index contributed by atoms with van der Waals surface area (Å²) >= 11 is 1.33. The third-order valence-electron chi connectivity index (χ3n) is 2.86. The number of hydrogen-bond donors (Lipinski definition) is 2. The van der Waals surface area contributed by atoms with Gasteiger partial charge in [-0.1, -0.05) is 13.8 Å². The van der Waals surface area contributed by atoms with Crippen LogP contribution in [0.2, 0.25) is 0 Å². The number of carbonyl (C=O) groups is 1. The Morgan fingerprint density at radius 3 is 2.55 bits per heavy atom. The van der Waals surface area contributed by atoms with Gasteiger partial charge in [-0.3, -0.25) is 0 Å². The van der Waals surface area contributed by atoms with Gasteiger partial charge >= 0.3 is 5.97 Å². The molecule has 0 amide bonds. The van der Waals surface area contributed by atoms with Crippen molar-refractivity contribution in [1.82, 2.24) is 4.98 Å². The van der Waals surface area contributed by atoms with Crippen molar-refractivity contribution in [3.05, 3.63) is 35.5 Å². The quantitative estimate of drug-likeness (QED) is 0.886. The maximum atomic E-state index is 12.9. The van der Waals surface area contributed by atoms with E-state index < -0.39 is 12.0 Å². The number of aromatic nitrogens is 1. The van der Waals surface area contributed by atoms with Crippen LogP contribution in [0.1, 0.15) is 13.8 Å². The first-order valence-electron chi connectivity index (χ1n) is 6.18. The molecule has 0 saturated heterocycles. The summed E-state index contributed by atoms with van der Waals surface area (Å²) < 4.78 is 12.9. The van der Waals surface area contributed by atoms with Crippen LogP contribution in [0.3, 0.4) is 0 Å². The number of rotatable bonds is 5. The van der Waals surface area contributed by atoms with Crippen LogP contribution < -0.4 is 5.32 Å². The van der Waals surface area contributed by atoms with Crippen LogP contribution in [0.4, 0.5) is 9.52 Å². The SMILES string of the molecule is CC(C)[C@H](Nc1nc(-c2ccc(F)cc2)cs1)C(=O)O. The fraction of sp³-hybridized carbons (Fsp3) is 0.286. The lowest BCUT2D eigenvalue weighted by Crippen LogP contribution is -2.34. The predicted molar refractivity (Wildman–Crippen MR) is 77.4 cm³/mol. The highest BCUT2D eigenvalue weighted by Gasteiger charge is 2.22. The van der Waals surface area contributed by atoms with Gasteiger partial charge in [0.2, 0.25) is 0 Å². The van der Waals surface area contributed by atoms with Crippen LogP contribution in [0.5, 0.6) is 0 Å². The number of hydrogen-bond acceptors (Lipinski definition) is 4. The van der Waals surface area contributed by atoms with E-state index in [0.717, 1.165) is 5.56 Å². The Morgan fingerprint density at radius 2 is 2.00 bits per heavy atom. The van der Waals surface area contributed by atoms with E-state index in [2.05, 4.69) is 10.3 Å². The van der Waals surface area contributed by atoms with Gasteiger partial charge < -0.3 is 10.4 Å². The molecule has 0 spiro atoms. The van der Waals surface area contributed by atoms with Crippen molar-refractivity contribution in [2.75, 3.05) is 5.32 Å². The van der Waals surface area contributed by atoms with Gasteiger partial charge in [-0.25, -0.2) is 14.2 Å². The monoisotopic (exact) mass is 294 g/mol. The van der Waals surface area contributed by atoms with E-state index in [4.69, 9.17) is 5.11 Å². The maximum absolute atomic E-state index is 12.9. The normalized spacial score (nSPS) is 12.4. The summed E-state index contributed by atoms with van der Waals surface area (Å²) in [4.78, 5) is 15.5. The molecule has 1 aromatic carbocycles. The van der Waals surface area contributed by atoms with Crippen molar-refractivity contribution < 1.29 is 14.3 Å². The number of aliphatic carboxylic acids is 1. The van der Waals surface area contributed by atoms with Crippen LogP contribution in [0.25, 0.3) is 11.3 Å². The first kappa shape index (κ1) is 14.5. The molecule has 2 N–H and O–H groups in total. The molecule has 2 aromatic rings. The van der Waals surface area contributed by atoms with Crippen molar-refractivity contribution in [2.45, 2.75) is 19.9 Å². The largest absolute Gasteiger partial charge is 0.480 e. The zero-order chi connectivity index (χ0) is 14.7. The van der Waals surface area contributed by atoms with E-state index in [9.17, 15) is 9.18 Å². The van der Waals surface area contributed by atoms with Gasteiger partial charge in [-0.05, 0) is 30.2 Å². The van der Waals surface area contributed by atoms with Crippen molar-refractivity contribution >= 4 is 22.4 Å². The van der Waals surface area contributed by atoms with Crippen LogP contribution >= 0.6 is 11.3 Å². The number of anilines is 1. The number of nitrogens with zero attached hydrogens (tertiary/aromatic N) is 1. The smallest absolute Gasteiger partial charge is 0.326 e. The molecule has 0 bridgehead atoms. The number of carboxylic acid groups (broad SMARTS) is 1. The lowest BCUT2D eigenvalue weighted by Gasteiger charge is -2.16. The lowest BCUT2D eigenvalue weighted by atomic mass is 10.1. The summed E-state index contributed by atoms with van der Waals surface area (Å²) in [6.45, 7) is 3.67. The molecule has 0 radical (unpaired) electrons. The van der Waals surface area contributed by atoms with Crippen LogP contribution in [0, 0.1) is 11.7 Å². The molecule has 1 heterocycles. The second-order valence-corrected chi connectivity index (χ2v) is 5.61. The van der Waals surface area contributed by atoms with E-state index >= 15 is 0 Å². The van der Waals surface area contributed by atoms with Crippen LogP contribution in [-0.2, 0) is 4.79 Å². The zero-order valence-corrected chi connectivity index (χ0v) is 11.9. The van der Waals surface area contributed by atoms with Gasteiger partial charge in [0.05, 0.1) is 5.69 Å². The maximum Gasteiger partial charge on any atom is 0.326 e. The molecule has 1 aromatic heterocycles. The minimum absolute atomic E-state index is 0.0503. The van der Waals surface area contributed by atoms with E-state index in [0.29, 0.717) is 10.8 Å². The highest BCUT2D eigenvalue weighted by atomic mass is 32.1. The third kappa shape index (κ3) is 3.33. The van der Waals surface area contributed by atoms with Gasteiger partial charge in [0, 0.05) is 10.9 Å². The molecular formula is C14H15FN2O2S. The predicted octanol–water partition coefficient (Wildman–Crippen LogP) is 3.47. The fourth-order valence-corrected chi connectivity index (χ4v) is 2.50. The number of carboxylic acids is 1. The van der Waals surface area contributed by atoms with Gasteiger partial charge in [0.25, 0.3) is 0 Å². The van der Waals surface area contributed by atoms with Crippen molar-refractivity contribution in [3.8, 4) is 11.3 Å². The van der Waals surface area contributed by atoms with Crippen molar-refractivity contribution in [2.24, 2.45) is 5.92 Å². The van der Waals surface area contributed by atoms with E-state index in [1.807, 2.05) is 19.2 Å². The lowest BCUT2D eigenvalue weighted by molar-refractivity contribution is -0.138. The Balaban J connectivity index is 2.16. The number of benzene rings is 1. The Labute approximate surface area is 120 Å². The van der Waals surface area contributed by atoms with Gasteiger partial charge in [-0.2, -0.15) is 0 Å². The van der Waals surface area contributed by atoms with Crippen molar-refractivity contribution in [3.63, 3.8) is 0 Å². The molecule has 20 heavy (non-hydrogen) atoms. The molecular weight excluding hydrogens is 279 g/mol. The first-order chi connectivity index (χ1) is 9.47. The van der Waals surface area contributed by atoms with Gasteiger partial charge in [-0.15, -0.1) is 11.3 Å². The van der Waals surface area contributed by atoms with E-state index in [1.54, 1.807) is 12.1 Å². The summed E-state index contributed by atoms with van der Waals surface area (Å²) in [5.41, 5.74) is 1.50. The Morgan fingerprint density at radius 1 is 1.35 bits per heavy atom. The molecule has 0 aliphatic rings. The summed E-state index contributed by atoms with van der Waals surface area (Å²) in [6, 6.07) is 5.35. The number of halogens is 1. The summed E-state index contributed by atoms with van der Waals surface area (Å²) in [5.74, 6) is -1.25. The molecule has 1 atom stereocenters. The average molecular weight is 294 g/mol. The molecule has 0 aliphatic carbocycles. The molecule has 0 saturated carbocycles. The van der Waals surface area contributed by atoms with Crippen LogP contribution in [-0.4, -0.2) is 22.1 Å². The number of thiazole rings is 1. The minimum Gasteiger partial charge on any atom is -0.480 e. The summed E-state index contributed by atoms with van der Waals surface area (Å²) in [7, 11) is 0. The van der Waals surface area contributed by atoms with E-state index in [-0.39, 0.29) is 11.7 Å². The standard InChI is InChI=1S/C14H15FN2O2S/c1-8(2)12(13(18)19)17-14-16-11(7-20-14)9-3-5-10(15)6-4-9/h3-8,12H,1-2H3,(H,16,17)(H,18,19)/t12-/m0/s1. The molecule has 6 heteroatoms. The number of nitrogens with one attached hydrogen (secondary N) is 1. The van der Waals surface area contributed by atoms with Gasteiger partial charge in [0.1, 0.15) is 11.9 Å². The first-order valence-corrected chi connectivity index (χ1v) is 7.06. The van der Waals surface area contributed by atoms with Crippen molar-refractivity contribution in [1.29, 1.82) is 0 Å². The Hall–Kier alpha value is -1.95. The molecule has 2 rings (SSSR count). The van der Waals surface area contributed by atoms with E-state index in [1.165, 1.54) is 23.5 Å². The highest BCUT2D eigenvalue weighted by molar-refractivity contribution is 7.14. The summed E-state index contributed by atoms with van der Waals surface area (Å²) in [6.07, 6.45) is 0. The second-order valence-electron chi connectivity index (χ2n) is 4.75. The molecule has 0 aliphatic heterocycles. The molecule has 0 fully saturated rings. The molecule has 106 valence electrons. The fourth-order valence-electron chi connectivity index (χ4n) is 1.74.